The molecule has 0 aliphatic carbocycles. The van der Waals surface area contributed by atoms with Crippen LogP contribution in [0.2, 0.25) is 0 Å². The van der Waals surface area contributed by atoms with Crippen LogP contribution in [0.25, 0.3) is 0 Å². The highest BCUT2D eigenvalue weighted by Gasteiger charge is 2.30. The number of hydrogen-bond acceptors (Lipinski definition) is 2. The molecule has 0 aliphatic heterocycles. The van der Waals surface area contributed by atoms with Gasteiger partial charge in [0.25, 0.3) is 0 Å². The van der Waals surface area contributed by atoms with E-state index in [1.54, 1.807) is 26.0 Å². The molecule has 0 amide bonds. The molecule has 0 saturated carbocycles. The Morgan fingerprint density at radius 3 is 2.12 bits per heavy atom. The fourth-order valence-corrected chi connectivity index (χ4v) is 1.22. The van der Waals surface area contributed by atoms with E-state index in [0.717, 1.165) is 5.56 Å². The maximum atomic E-state index is 11.9. The fourth-order valence-electron chi connectivity index (χ4n) is 1.22. The monoisotopic (exact) mass is 216 g/mol. The molecular weight excluding hydrogens is 200 g/mol. The summed E-state index contributed by atoms with van der Waals surface area (Å²) in [5.41, 5.74) is 0.694. The molecule has 1 aromatic carbocycles. The van der Waals surface area contributed by atoms with Crippen molar-refractivity contribution in [3.8, 4) is 0 Å². The Kier molecular flexibility index (Phi) is 3.43. The van der Waals surface area contributed by atoms with E-state index >= 15 is 0 Å². The van der Waals surface area contributed by atoms with Crippen LogP contribution in [-0.2, 0) is 4.79 Å². The summed E-state index contributed by atoms with van der Waals surface area (Å²) < 4.78 is 0. The summed E-state index contributed by atoms with van der Waals surface area (Å²) in [5.74, 6) is -0.878. The van der Waals surface area contributed by atoms with Crippen molar-refractivity contribution in [2.75, 3.05) is 0 Å². The van der Waals surface area contributed by atoms with E-state index < -0.39 is 17.0 Å². The van der Waals surface area contributed by atoms with Gasteiger partial charge in [-0.1, -0.05) is 35.9 Å². The number of aryl methyl sites for hydroxylation is 1. The van der Waals surface area contributed by atoms with Crippen molar-refractivity contribution in [1.29, 1.82) is 0 Å². The molecule has 0 aromatic heterocycles. The van der Waals surface area contributed by atoms with E-state index in [1.807, 2.05) is 19.1 Å². The van der Waals surface area contributed by atoms with Crippen molar-refractivity contribution < 1.29 is 9.59 Å². The Bertz CT molecular complexity index is 425. The van der Waals surface area contributed by atoms with Gasteiger partial charge in [0.05, 0.1) is 0 Å². The van der Waals surface area contributed by atoms with Gasteiger partial charge < -0.3 is 0 Å². The van der Waals surface area contributed by atoms with Gasteiger partial charge in [-0.25, -0.2) is 0 Å². The van der Waals surface area contributed by atoms with Crippen molar-refractivity contribution in [1.82, 2.24) is 0 Å². The minimum atomic E-state index is -0.804. The molecule has 2 heteroatoms. The number of allylic oxidation sites excluding steroid dienone is 1. The fraction of sp³-hybridized carbons (Fsp3) is 0.286. The number of hydrogen-bond donors (Lipinski definition) is 0. The van der Waals surface area contributed by atoms with E-state index in [0.29, 0.717) is 5.56 Å². The molecule has 2 nitrogen and oxygen atoms in total. The van der Waals surface area contributed by atoms with E-state index in [4.69, 9.17) is 0 Å². The zero-order valence-corrected chi connectivity index (χ0v) is 9.91. The Labute approximate surface area is 96.0 Å². The maximum absolute atomic E-state index is 11.9. The van der Waals surface area contributed by atoms with Crippen molar-refractivity contribution in [3.05, 3.63) is 48.0 Å². The molecule has 0 atom stereocenters. The molecule has 0 heterocycles. The smallest absolute Gasteiger partial charge is 0.229 e. The standard InChI is InChI=1S/C14H16O2/c1-5-14(3,4)13(16)12(15)11-8-6-10(2)7-9-11/h5-9H,1H2,2-4H3. The van der Waals surface area contributed by atoms with Gasteiger partial charge in [0, 0.05) is 11.0 Å². The van der Waals surface area contributed by atoms with Crippen LogP contribution < -0.4 is 0 Å². The highest BCUT2D eigenvalue weighted by molar-refractivity contribution is 6.45. The minimum Gasteiger partial charge on any atom is -0.290 e. The largest absolute Gasteiger partial charge is 0.290 e. The average Bonchev–Trinajstić information content (AvgIpc) is 2.28. The van der Waals surface area contributed by atoms with Gasteiger partial charge in [-0.3, -0.25) is 9.59 Å². The highest BCUT2D eigenvalue weighted by Crippen LogP contribution is 2.20. The zero-order chi connectivity index (χ0) is 12.3. The lowest BCUT2D eigenvalue weighted by Gasteiger charge is -2.16. The van der Waals surface area contributed by atoms with Crippen LogP contribution in [0.15, 0.2) is 36.9 Å². The van der Waals surface area contributed by atoms with Gasteiger partial charge in [-0.2, -0.15) is 0 Å². The van der Waals surface area contributed by atoms with Crippen molar-refractivity contribution in [2.24, 2.45) is 5.41 Å². The average molecular weight is 216 g/mol. The van der Waals surface area contributed by atoms with E-state index in [2.05, 4.69) is 6.58 Å². The van der Waals surface area contributed by atoms with Crippen LogP contribution >= 0.6 is 0 Å². The SMILES string of the molecule is C=CC(C)(C)C(=O)C(=O)c1ccc(C)cc1. The number of carbonyl (C=O) groups is 2. The van der Waals surface area contributed by atoms with E-state index in [9.17, 15) is 9.59 Å². The number of carbonyl (C=O) groups excluding carboxylic acids is 2. The molecule has 0 bridgehead atoms. The first-order valence-corrected chi connectivity index (χ1v) is 5.18. The third kappa shape index (κ3) is 2.45. The molecule has 84 valence electrons. The third-order valence-corrected chi connectivity index (χ3v) is 2.62. The van der Waals surface area contributed by atoms with E-state index in [-0.39, 0.29) is 0 Å². The zero-order valence-electron chi connectivity index (χ0n) is 9.91. The quantitative estimate of drug-likeness (QED) is 0.440. The summed E-state index contributed by atoms with van der Waals surface area (Å²) in [6.45, 7) is 8.88. The van der Waals surface area contributed by atoms with Crippen molar-refractivity contribution >= 4 is 11.6 Å². The molecule has 0 N–H and O–H groups in total. The van der Waals surface area contributed by atoms with E-state index in [1.165, 1.54) is 6.08 Å². The third-order valence-electron chi connectivity index (χ3n) is 2.62. The van der Waals surface area contributed by atoms with Gasteiger partial charge in [0.1, 0.15) is 0 Å². The lowest BCUT2D eigenvalue weighted by atomic mass is 9.84. The summed E-state index contributed by atoms with van der Waals surface area (Å²) in [7, 11) is 0. The molecule has 1 aromatic rings. The summed E-state index contributed by atoms with van der Waals surface area (Å²) in [4.78, 5) is 23.7. The van der Waals surface area contributed by atoms with Gasteiger partial charge >= 0.3 is 0 Å². The molecule has 0 radical (unpaired) electrons. The van der Waals surface area contributed by atoms with Crippen LogP contribution in [-0.4, -0.2) is 11.6 Å². The second-order valence-electron chi connectivity index (χ2n) is 4.45. The number of Topliss-reactive ketones (excluding diaryl/α,β-unsaturated/α-hetero) is 2. The predicted octanol–water partition coefficient (Wildman–Crippen LogP) is 2.96. The maximum Gasteiger partial charge on any atom is 0.229 e. The lowest BCUT2D eigenvalue weighted by molar-refractivity contribution is -0.120. The topological polar surface area (TPSA) is 34.1 Å². The number of benzene rings is 1. The number of ketones is 2. The minimum absolute atomic E-state index is 0.425. The van der Waals surface area contributed by atoms with Crippen molar-refractivity contribution in [3.63, 3.8) is 0 Å². The van der Waals surface area contributed by atoms with Gasteiger partial charge in [-0.05, 0) is 20.8 Å². The normalized spacial score (nSPS) is 10.9. The van der Waals surface area contributed by atoms with Gasteiger partial charge in [0.2, 0.25) is 11.6 Å². The summed E-state index contributed by atoms with van der Waals surface area (Å²) in [6, 6.07) is 6.99. The van der Waals surface area contributed by atoms with Gasteiger partial charge in [-0.15, -0.1) is 6.58 Å². The Hall–Kier alpha value is -1.70. The molecule has 16 heavy (non-hydrogen) atoms. The summed E-state index contributed by atoms with van der Waals surface area (Å²) >= 11 is 0. The van der Waals surface area contributed by atoms with Crippen LogP contribution in [0.5, 0.6) is 0 Å². The summed E-state index contributed by atoms with van der Waals surface area (Å²) in [6.07, 6.45) is 1.50. The second-order valence-corrected chi connectivity index (χ2v) is 4.45. The van der Waals surface area contributed by atoms with Gasteiger partial charge in [0.15, 0.2) is 0 Å². The second kappa shape index (κ2) is 4.44. The number of rotatable bonds is 4. The first kappa shape index (κ1) is 12.4. The molecule has 0 fully saturated rings. The van der Waals surface area contributed by atoms with Crippen LogP contribution in [0.4, 0.5) is 0 Å². The Morgan fingerprint density at radius 2 is 1.69 bits per heavy atom. The first-order valence-electron chi connectivity index (χ1n) is 5.18. The van der Waals surface area contributed by atoms with Crippen LogP contribution in [0.1, 0.15) is 29.8 Å². The predicted molar refractivity (Wildman–Crippen MR) is 64.5 cm³/mol. The lowest BCUT2D eigenvalue weighted by Crippen LogP contribution is -2.29. The first-order chi connectivity index (χ1) is 7.38. The molecule has 0 unspecified atom stereocenters. The summed E-state index contributed by atoms with van der Waals surface area (Å²) in [5, 5.41) is 0. The molecule has 0 spiro atoms. The van der Waals surface area contributed by atoms with Crippen molar-refractivity contribution in [2.45, 2.75) is 20.8 Å². The molecule has 0 saturated heterocycles. The Balaban J connectivity index is 2.99. The molecular formula is C14H16O2. The van der Waals surface area contributed by atoms with Crippen LogP contribution in [0.3, 0.4) is 0 Å². The molecule has 1 rings (SSSR count). The van der Waals surface area contributed by atoms with Crippen LogP contribution in [0, 0.1) is 12.3 Å². The highest BCUT2D eigenvalue weighted by atomic mass is 16.2. The Morgan fingerprint density at radius 1 is 1.19 bits per heavy atom. The molecule has 0 aliphatic rings.